The van der Waals surface area contributed by atoms with Crippen LogP contribution in [0.2, 0.25) is 0 Å². The molecule has 2 aromatic rings. The average molecular weight is 337 g/mol. The Labute approximate surface area is 139 Å². The molecule has 1 unspecified atom stereocenters. The number of alkyl halides is 2. The van der Waals surface area contributed by atoms with Crippen LogP contribution in [-0.2, 0) is 11.2 Å². The third kappa shape index (κ3) is 5.04. The van der Waals surface area contributed by atoms with Gasteiger partial charge in [-0.25, -0.2) is 4.68 Å². The minimum absolute atomic E-state index is 0.107. The van der Waals surface area contributed by atoms with Gasteiger partial charge in [-0.15, -0.1) is 0 Å². The third-order valence-electron chi connectivity index (χ3n) is 3.74. The van der Waals surface area contributed by atoms with Crippen molar-refractivity contribution in [1.82, 2.24) is 9.78 Å². The van der Waals surface area contributed by atoms with E-state index >= 15 is 0 Å². The van der Waals surface area contributed by atoms with Gasteiger partial charge in [0.15, 0.2) is 0 Å². The molecule has 1 aromatic carbocycles. The number of rotatable bonds is 8. The van der Waals surface area contributed by atoms with Gasteiger partial charge in [0.2, 0.25) is 5.91 Å². The summed E-state index contributed by atoms with van der Waals surface area (Å²) >= 11 is 0. The summed E-state index contributed by atoms with van der Waals surface area (Å²) in [6.07, 6.45) is 3.38. The van der Waals surface area contributed by atoms with Gasteiger partial charge in [-0.3, -0.25) is 4.79 Å². The summed E-state index contributed by atoms with van der Waals surface area (Å²) in [4.78, 5) is 12.1. The zero-order valence-corrected chi connectivity index (χ0v) is 13.7. The fourth-order valence-corrected chi connectivity index (χ4v) is 2.24. The standard InChI is InChI=1S/C17H21F2N3O2/c1-3-12(2)22-15(10-11-20-22)21-16(23)9-6-13-4-7-14(8-5-13)24-17(18)19/h4-5,7-8,10-12,17H,3,6,9H2,1-2H3,(H,21,23). The molecule has 0 radical (unpaired) electrons. The summed E-state index contributed by atoms with van der Waals surface area (Å²) in [6.45, 7) is 1.25. The van der Waals surface area contributed by atoms with Crippen LogP contribution in [-0.4, -0.2) is 22.3 Å². The lowest BCUT2D eigenvalue weighted by Crippen LogP contribution is -2.17. The van der Waals surface area contributed by atoms with E-state index in [0.717, 1.165) is 12.0 Å². The average Bonchev–Trinajstić information content (AvgIpc) is 3.01. The van der Waals surface area contributed by atoms with Gasteiger partial charge in [-0.05, 0) is 37.5 Å². The fraction of sp³-hybridized carbons (Fsp3) is 0.412. The number of ether oxygens (including phenoxy) is 1. The van der Waals surface area contributed by atoms with E-state index in [1.54, 1.807) is 29.1 Å². The van der Waals surface area contributed by atoms with E-state index in [9.17, 15) is 13.6 Å². The number of aromatic nitrogens is 2. The molecule has 0 aliphatic carbocycles. The zero-order chi connectivity index (χ0) is 17.5. The van der Waals surface area contributed by atoms with Crippen molar-refractivity contribution in [3.63, 3.8) is 0 Å². The molecule has 130 valence electrons. The van der Waals surface area contributed by atoms with Gasteiger partial charge in [0.1, 0.15) is 11.6 Å². The van der Waals surface area contributed by atoms with Gasteiger partial charge >= 0.3 is 6.61 Å². The highest BCUT2D eigenvalue weighted by Crippen LogP contribution is 2.18. The van der Waals surface area contributed by atoms with Crippen molar-refractivity contribution in [2.75, 3.05) is 5.32 Å². The zero-order valence-electron chi connectivity index (χ0n) is 13.7. The van der Waals surface area contributed by atoms with E-state index < -0.39 is 6.61 Å². The van der Waals surface area contributed by atoms with Crippen LogP contribution < -0.4 is 10.1 Å². The number of nitrogens with one attached hydrogen (secondary N) is 1. The molecule has 0 saturated heterocycles. The maximum atomic E-state index is 12.1. The number of aryl methyl sites for hydroxylation is 1. The number of nitrogens with zero attached hydrogens (tertiary/aromatic N) is 2. The van der Waals surface area contributed by atoms with Gasteiger partial charge in [-0.1, -0.05) is 19.1 Å². The molecule has 2 rings (SSSR count). The number of hydrogen-bond donors (Lipinski definition) is 1. The van der Waals surface area contributed by atoms with Crippen molar-refractivity contribution in [3.8, 4) is 5.75 Å². The number of carbonyl (C=O) groups excluding carboxylic acids is 1. The van der Waals surface area contributed by atoms with Crippen LogP contribution in [0.4, 0.5) is 14.6 Å². The summed E-state index contributed by atoms with van der Waals surface area (Å²) < 4.78 is 30.3. The van der Waals surface area contributed by atoms with Crippen molar-refractivity contribution in [1.29, 1.82) is 0 Å². The molecule has 0 aliphatic rings. The molecule has 24 heavy (non-hydrogen) atoms. The van der Waals surface area contributed by atoms with Crippen molar-refractivity contribution in [3.05, 3.63) is 42.1 Å². The normalized spacial score (nSPS) is 12.2. The van der Waals surface area contributed by atoms with E-state index in [4.69, 9.17) is 0 Å². The summed E-state index contributed by atoms with van der Waals surface area (Å²) in [5, 5.41) is 7.07. The second kappa shape index (κ2) is 8.42. The van der Waals surface area contributed by atoms with E-state index in [-0.39, 0.29) is 17.7 Å². The highest BCUT2D eigenvalue weighted by molar-refractivity contribution is 5.89. The first-order valence-corrected chi connectivity index (χ1v) is 7.86. The Morgan fingerprint density at radius 2 is 2.00 bits per heavy atom. The van der Waals surface area contributed by atoms with Crippen LogP contribution in [0.25, 0.3) is 0 Å². The van der Waals surface area contributed by atoms with Crippen molar-refractivity contribution in [2.24, 2.45) is 0 Å². The molecule has 7 heteroatoms. The van der Waals surface area contributed by atoms with Gasteiger partial charge < -0.3 is 10.1 Å². The maximum absolute atomic E-state index is 12.1. The van der Waals surface area contributed by atoms with E-state index in [1.807, 2.05) is 6.92 Å². The largest absolute Gasteiger partial charge is 0.435 e. The van der Waals surface area contributed by atoms with Crippen LogP contribution in [0, 0.1) is 0 Å². The molecule has 1 amide bonds. The number of halogens is 2. The maximum Gasteiger partial charge on any atom is 0.387 e. The Hall–Kier alpha value is -2.44. The number of carbonyl (C=O) groups is 1. The van der Waals surface area contributed by atoms with Crippen LogP contribution in [0.5, 0.6) is 5.75 Å². The second-order valence-corrected chi connectivity index (χ2v) is 5.49. The molecule has 0 saturated carbocycles. The summed E-state index contributed by atoms with van der Waals surface area (Å²) in [5.41, 5.74) is 0.877. The third-order valence-corrected chi connectivity index (χ3v) is 3.74. The van der Waals surface area contributed by atoms with E-state index in [2.05, 4.69) is 22.1 Å². The minimum atomic E-state index is -2.84. The predicted octanol–water partition coefficient (Wildman–Crippen LogP) is 4.03. The summed E-state index contributed by atoms with van der Waals surface area (Å²) in [7, 11) is 0. The van der Waals surface area contributed by atoms with Gasteiger partial charge in [-0.2, -0.15) is 13.9 Å². The monoisotopic (exact) mass is 337 g/mol. The lowest BCUT2D eigenvalue weighted by Gasteiger charge is -2.14. The highest BCUT2D eigenvalue weighted by atomic mass is 19.3. The Morgan fingerprint density at radius 1 is 1.29 bits per heavy atom. The Bertz CT molecular complexity index is 656. The number of benzene rings is 1. The van der Waals surface area contributed by atoms with Crippen molar-refractivity contribution < 1.29 is 18.3 Å². The molecule has 1 atom stereocenters. The molecule has 0 aliphatic heterocycles. The molecule has 0 bridgehead atoms. The number of amides is 1. The van der Waals surface area contributed by atoms with Crippen LogP contribution in [0.15, 0.2) is 36.5 Å². The summed E-state index contributed by atoms with van der Waals surface area (Å²) in [5.74, 6) is 0.665. The van der Waals surface area contributed by atoms with Gasteiger partial charge in [0, 0.05) is 12.5 Å². The second-order valence-electron chi connectivity index (χ2n) is 5.49. The molecule has 0 spiro atoms. The number of hydrogen-bond acceptors (Lipinski definition) is 3. The molecule has 1 N–H and O–H groups in total. The minimum Gasteiger partial charge on any atom is -0.435 e. The first-order valence-electron chi connectivity index (χ1n) is 7.86. The first-order chi connectivity index (χ1) is 11.5. The highest BCUT2D eigenvalue weighted by Gasteiger charge is 2.11. The number of anilines is 1. The molecule has 0 fully saturated rings. The quantitative estimate of drug-likeness (QED) is 0.791. The van der Waals surface area contributed by atoms with E-state index in [1.165, 1.54) is 12.1 Å². The lowest BCUT2D eigenvalue weighted by molar-refractivity contribution is -0.116. The molecule has 5 nitrogen and oxygen atoms in total. The van der Waals surface area contributed by atoms with Crippen molar-refractivity contribution in [2.45, 2.75) is 45.8 Å². The SMILES string of the molecule is CCC(C)n1nccc1NC(=O)CCc1ccc(OC(F)F)cc1. The molecular formula is C17H21F2N3O2. The molecular weight excluding hydrogens is 316 g/mol. The predicted molar refractivity (Wildman–Crippen MR) is 87.3 cm³/mol. The Balaban J connectivity index is 1.86. The smallest absolute Gasteiger partial charge is 0.387 e. The van der Waals surface area contributed by atoms with E-state index in [0.29, 0.717) is 18.7 Å². The molecule has 1 heterocycles. The van der Waals surface area contributed by atoms with Crippen LogP contribution >= 0.6 is 0 Å². The Morgan fingerprint density at radius 3 is 2.62 bits per heavy atom. The van der Waals surface area contributed by atoms with Gasteiger partial charge in [0.05, 0.1) is 12.2 Å². The topological polar surface area (TPSA) is 56.2 Å². The lowest BCUT2D eigenvalue weighted by atomic mass is 10.1. The summed E-state index contributed by atoms with van der Waals surface area (Å²) in [6, 6.07) is 8.26. The first kappa shape index (κ1) is 17.9. The van der Waals surface area contributed by atoms with Gasteiger partial charge in [0.25, 0.3) is 0 Å². The Kier molecular flexibility index (Phi) is 6.28. The van der Waals surface area contributed by atoms with Crippen LogP contribution in [0.3, 0.4) is 0 Å². The molecule has 1 aromatic heterocycles. The van der Waals surface area contributed by atoms with Crippen molar-refractivity contribution >= 4 is 11.7 Å². The fourth-order valence-electron chi connectivity index (χ4n) is 2.24. The van der Waals surface area contributed by atoms with Crippen LogP contribution in [0.1, 0.15) is 38.3 Å².